The Morgan fingerprint density at radius 3 is 2.67 bits per heavy atom. The molecule has 0 saturated heterocycles. The summed E-state index contributed by atoms with van der Waals surface area (Å²) >= 11 is 3.45. The fourth-order valence-corrected chi connectivity index (χ4v) is 2.28. The summed E-state index contributed by atoms with van der Waals surface area (Å²) < 4.78 is 25.0. The maximum atomic E-state index is 13.2. The van der Waals surface area contributed by atoms with Crippen LogP contribution < -0.4 is 9.47 Å². The fourth-order valence-electron chi connectivity index (χ4n) is 1.92. The molecule has 0 fully saturated rings. The smallest absolute Gasteiger partial charge is 0.125 e. The van der Waals surface area contributed by atoms with Crippen LogP contribution in [0.4, 0.5) is 4.39 Å². The van der Waals surface area contributed by atoms with E-state index >= 15 is 0 Å². The Hall–Kier alpha value is -1.59. The maximum absolute atomic E-state index is 13.2. The molecule has 21 heavy (non-hydrogen) atoms. The molecule has 2 aromatic rings. The first-order chi connectivity index (χ1) is 10.0. The Kier molecular flexibility index (Phi) is 5.20. The largest absolute Gasteiger partial charge is 0.497 e. The molecule has 0 radical (unpaired) electrons. The molecular weight excluding hydrogens is 339 g/mol. The van der Waals surface area contributed by atoms with Gasteiger partial charge in [0.15, 0.2) is 0 Å². The van der Waals surface area contributed by atoms with Crippen molar-refractivity contribution in [3.63, 3.8) is 0 Å². The molecule has 1 unspecified atom stereocenters. The molecule has 1 atom stereocenters. The van der Waals surface area contributed by atoms with E-state index in [2.05, 4.69) is 15.9 Å². The first kappa shape index (κ1) is 15.8. The highest BCUT2D eigenvalue weighted by Crippen LogP contribution is 2.28. The van der Waals surface area contributed by atoms with Crippen molar-refractivity contribution >= 4 is 15.9 Å². The van der Waals surface area contributed by atoms with Gasteiger partial charge in [0, 0.05) is 15.6 Å². The second-order valence-electron chi connectivity index (χ2n) is 4.60. The molecule has 0 saturated carbocycles. The topological polar surface area (TPSA) is 38.7 Å². The first-order valence-electron chi connectivity index (χ1n) is 6.44. The van der Waals surface area contributed by atoms with Crippen LogP contribution in [0.15, 0.2) is 40.9 Å². The van der Waals surface area contributed by atoms with Crippen molar-refractivity contribution in [3.05, 3.63) is 57.8 Å². The average Bonchev–Trinajstić information content (AvgIpc) is 2.47. The third-order valence-corrected chi connectivity index (χ3v) is 3.83. The lowest BCUT2D eigenvalue weighted by Gasteiger charge is -2.14. The molecule has 2 aromatic carbocycles. The van der Waals surface area contributed by atoms with E-state index in [1.807, 2.05) is 18.2 Å². The molecule has 0 aliphatic carbocycles. The second-order valence-corrected chi connectivity index (χ2v) is 5.46. The van der Waals surface area contributed by atoms with Gasteiger partial charge in [-0.05, 0) is 43.3 Å². The van der Waals surface area contributed by atoms with Crippen LogP contribution in [-0.4, -0.2) is 12.2 Å². The summed E-state index contributed by atoms with van der Waals surface area (Å²) in [5.74, 6) is 0.786. The lowest BCUT2D eigenvalue weighted by molar-refractivity contribution is 0.189. The van der Waals surface area contributed by atoms with E-state index in [-0.39, 0.29) is 6.61 Å². The van der Waals surface area contributed by atoms with Crippen LogP contribution >= 0.6 is 15.9 Å². The molecule has 1 N–H and O–H groups in total. The number of aliphatic hydroxyl groups is 1. The summed E-state index contributed by atoms with van der Waals surface area (Å²) in [6, 6.07) is 9.67. The van der Waals surface area contributed by atoms with Gasteiger partial charge in [0.2, 0.25) is 0 Å². The minimum absolute atomic E-state index is 0.281. The molecule has 0 aromatic heterocycles. The Labute approximate surface area is 131 Å². The van der Waals surface area contributed by atoms with Crippen LogP contribution in [0, 0.1) is 5.82 Å². The lowest BCUT2D eigenvalue weighted by Crippen LogP contribution is -2.02. The van der Waals surface area contributed by atoms with Crippen molar-refractivity contribution in [3.8, 4) is 11.5 Å². The zero-order valence-electron chi connectivity index (χ0n) is 11.8. The average molecular weight is 355 g/mol. The van der Waals surface area contributed by atoms with Crippen LogP contribution in [0.25, 0.3) is 0 Å². The SMILES string of the molecule is COc1ccc(Br)c(COc2ccc(F)cc2C(C)O)c1. The molecule has 0 aliphatic rings. The molecule has 2 rings (SSSR count). The number of rotatable bonds is 5. The fraction of sp³-hybridized carbons (Fsp3) is 0.250. The van der Waals surface area contributed by atoms with Crippen molar-refractivity contribution in [2.45, 2.75) is 19.6 Å². The molecule has 5 heteroatoms. The summed E-state index contributed by atoms with van der Waals surface area (Å²) in [5, 5.41) is 9.69. The Morgan fingerprint density at radius 2 is 2.00 bits per heavy atom. The van der Waals surface area contributed by atoms with Gasteiger partial charge in [-0.1, -0.05) is 15.9 Å². The Morgan fingerprint density at radius 1 is 1.24 bits per heavy atom. The van der Waals surface area contributed by atoms with Crippen LogP contribution in [-0.2, 0) is 6.61 Å². The summed E-state index contributed by atoms with van der Waals surface area (Å²) in [5.41, 5.74) is 1.32. The predicted molar refractivity (Wildman–Crippen MR) is 82.1 cm³/mol. The van der Waals surface area contributed by atoms with E-state index in [0.717, 1.165) is 15.8 Å². The molecule has 0 amide bonds. The van der Waals surface area contributed by atoms with Crippen LogP contribution in [0.1, 0.15) is 24.2 Å². The molecular formula is C16H16BrFO3. The molecule has 0 aliphatic heterocycles. The van der Waals surface area contributed by atoms with Gasteiger partial charge >= 0.3 is 0 Å². The van der Waals surface area contributed by atoms with Crippen LogP contribution in [0.2, 0.25) is 0 Å². The molecule has 3 nitrogen and oxygen atoms in total. The van der Waals surface area contributed by atoms with E-state index < -0.39 is 11.9 Å². The van der Waals surface area contributed by atoms with E-state index in [4.69, 9.17) is 9.47 Å². The minimum Gasteiger partial charge on any atom is -0.497 e. The van der Waals surface area contributed by atoms with Gasteiger partial charge in [0.05, 0.1) is 13.2 Å². The molecule has 112 valence electrons. The molecule has 0 spiro atoms. The van der Waals surface area contributed by atoms with Gasteiger partial charge in [-0.2, -0.15) is 0 Å². The number of aliphatic hydroxyl groups excluding tert-OH is 1. The van der Waals surface area contributed by atoms with Gasteiger partial charge in [0.25, 0.3) is 0 Å². The lowest BCUT2D eigenvalue weighted by atomic mass is 10.1. The number of ether oxygens (including phenoxy) is 2. The van der Waals surface area contributed by atoms with E-state index in [0.29, 0.717) is 11.3 Å². The van der Waals surface area contributed by atoms with Crippen LogP contribution in [0.5, 0.6) is 11.5 Å². The summed E-state index contributed by atoms with van der Waals surface area (Å²) in [7, 11) is 1.60. The van der Waals surface area contributed by atoms with Crippen molar-refractivity contribution in [1.29, 1.82) is 0 Å². The summed E-state index contributed by atoms with van der Waals surface area (Å²) in [4.78, 5) is 0. The number of hydrogen-bond donors (Lipinski definition) is 1. The summed E-state index contributed by atoms with van der Waals surface area (Å²) in [6.07, 6.45) is -0.801. The standard InChI is InChI=1S/C16H16BrFO3/c1-10(19)14-8-12(18)3-6-16(14)21-9-11-7-13(20-2)4-5-15(11)17/h3-8,10,19H,9H2,1-2H3. The van der Waals surface area contributed by atoms with E-state index in [1.165, 1.54) is 18.2 Å². The van der Waals surface area contributed by atoms with Crippen molar-refractivity contribution in [1.82, 2.24) is 0 Å². The summed E-state index contributed by atoms with van der Waals surface area (Å²) in [6.45, 7) is 1.85. The van der Waals surface area contributed by atoms with Gasteiger partial charge in [-0.15, -0.1) is 0 Å². The normalized spacial score (nSPS) is 12.0. The quantitative estimate of drug-likeness (QED) is 0.873. The van der Waals surface area contributed by atoms with Crippen LogP contribution in [0.3, 0.4) is 0 Å². The second kappa shape index (κ2) is 6.91. The highest BCUT2D eigenvalue weighted by atomic mass is 79.9. The number of halogens is 2. The third-order valence-electron chi connectivity index (χ3n) is 3.06. The zero-order valence-corrected chi connectivity index (χ0v) is 13.4. The first-order valence-corrected chi connectivity index (χ1v) is 7.23. The third kappa shape index (κ3) is 3.95. The van der Waals surface area contributed by atoms with Gasteiger partial charge in [-0.3, -0.25) is 0 Å². The van der Waals surface area contributed by atoms with E-state index in [1.54, 1.807) is 14.0 Å². The van der Waals surface area contributed by atoms with Gasteiger partial charge in [-0.25, -0.2) is 4.39 Å². The minimum atomic E-state index is -0.801. The van der Waals surface area contributed by atoms with Gasteiger partial charge in [0.1, 0.15) is 23.9 Å². The molecule has 0 heterocycles. The highest BCUT2D eigenvalue weighted by Gasteiger charge is 2.11. The number of benzene rings is 2. The Bertz CT molecular complexity index is 629. The predicted octanol–water partition coefficient (Wildman–Crippen LogP) is 4.23. The monoisotopic (exact) mass is 354 g/mol. The number of methoxy groups -OCH3 is 1. The zero-order chi connectivity index (χ0) is 15.4. The van der Waals surface area contributed by atoms with Gasteiger partial charge < -0.3 is 14.6 Å². The van der Waals surface area contributed by atoms with Crippen molar-refractivity contribution < 1.29 is 19.0 Å². The van der Waals surface area contributed by atoms with Crippen molar-refractivity contribution in [2.75, 3.05) is 7.11 Å². The van der Waals surface area contributed by atoms with E-state index in [9.17, 15) is 9.50 Å². The Balaban J connectivity index is 2.20. The number of hydrogen-bond acceptors (Lipinski definition) is 3. The van der Waals surface area contributed by atoms with Crippen molar-refractivity contribution in [2.24, 2.45) is 0 Å². The highest BCUT2D eigenvalue weighted by molar-refractivity contribution is 9.10. The maximum Gasteiger partial charge on any atom is 0.125 e. The molecule has 0 bridgehead atoms.